The zero-order chi connectivity index (χ0) is 13.4. The Morgan fingerprint density at radius 3 is 2.58 bits per heavy atom. The van der Waals surface area contributed by atoms with Gasteiger partial charge in [0.05, 0.1) is 17.6 Å². The normalized spacial score (nSPS) is 10.8. The number of nitrogens with two attached hydrogens (primary N) is 1. The molecule has 0 bridgehead atoms. The van der Waals surface area contributed by atoms with Gasteiger partial charge in [0.25, 0.3) is 0 Å². The second-order valence-corrected chi connectivity index (χ2v) is 4.37. The van der Waals surface area contributed by atoms with Gasteiger partial charge in [-0.25, -0.2) is 4.98 Å². The molecule has 3 aromatic heterocycles. The van der Waals surface area contributed by atoms with E-state index in [0.717, 1.165) is 22.6 Å². The molecule has 0 atom stereocenters. The van der Waals surface area contributed by atoms with E-state index in [1.807, 2.05) is 43.1 Å². The highest BCUT2D eigenvalue weighted by Crippen LogP contribution is 2.33. The van der Waals surface area contributed by atoms with E-state index in [1.165, 1.54) is 0 Å². The van der Waals surface area contributed by atoms with E-state index in [-0.39, 0.29) is 0 Å². The van der Waals surface area contributed by atoms with Gasteiger partial charge in [0.1, 0.15) is 17.2 Å². The molecule has 0 aliphatic carbocycles. The number of hydrogen-bond acceptors (Lipinski definition) is 4. The maximum atomic E-state index is 6.11. The molecule has 0 saturated carbocycles. The van der Waals surface area contributed by atoms with Crippen molar-refractivity contribution in [3.63, 3.8) is 0 Å². The lowest BCUT2D eigenvalue weighted by molar-refractivity contribution is 0.781. The Balaban J connectivity index is 2.24. The maximum absolute atomic E-state index is 6.11. The molecule has 0 aliphatic rings. The number of nitrogen functional groups attached to an aromatic ring is 1. The first-order valence-electron chi connectivity index (χ1n) is 5.89. The summed E-state index contributed by atoms with van der Waals surface area (Å²) in [5, 5.41) is 4.45. The molecule has 3 heterocycles. The lowest BCUT2D eigenvalue weighted by Gasteiger charge is -2.01. The fraction of sp³-hybridized carbons (Fsp3) is 0.154. The molecule has 0 spiro atoms. The summed E-state index contributed by atoms with van der Waals surface area (Å²) in [6.45, 7) is 0. The quantitative estimate of drug-likeness (QED) is 0.751. The molecule has 6 nitrogen and oxygen atoms in total. The van der Waals surface area contributed by atoms with Crippen LogP contribution in [0, 0.1) is 0 Å². The topological polar surface area (TPSA) is 74.5 Å². The van der Waals surface area contributed by atoms with Crippen LogP contribution in [-0.4, -0.2) is 24.3 Å². The average Bonchev–Trinajstić information content (AvgIpc) is 2.96. The van der Waals surface area contributed by atoms with Crippen LogP contribution in [0.5, 0.6) is 0 Å². The lowest BCUT2D eigenvalue weighted by atomic mass is 10.1. The number of nitrogens with zero attached hydrogens (tertiary/aromatic N) is 5. The Morgan fingerprint density at radius 1 is 1.11 bits per heavy atom. The predicted octanol–water partition coefficient (Wildman–Crippen LogP) is 1.46. The van der Waals surface area contributed by atoms with Crippen LogP contribution in [0.2, 0.25) is 0 Å². The van der Waals surface area contributed by atoms with Gasteiger partial charge >= 0.3 is 0 Å². The van der Waals surface area contributed by atoms with Crippen molar-refractivity contribution in [3.05, 3.63) is 36.9 Å². The van der Waals surface area contributed by atoms with E-state index >= 15 is 0 Å². The number of rotatable bonds is 2. The zero-order valence-corrected chi connectivity index (χ0v) is 10.8. The summed E-state index contributed by atoms with van der Waals surface area (Å²) < 4.78 is 3.52. The molecule has 0 aliphatic heterocycles. The highest BCUT2D eigenvalue weighted by atomic mass is 15.3. The Hall–Kier alpha value is -2.63. The molecular formula is C13H14N6. The van der Waals surface area contributed by atoms with Gasteiger partial charge in [0.2, 0.25) is 0 Å². The Morgan fingerprint density at radius 2 is 1.95 bits per heavy atom. The van der Waals surface area contributed by atoms with Crippen molar-refractivity contribution < 1.29 is 0 Å². The SMILES string of the molecule is Cn1cnc(-c2nn(C)c(N)c2-c2ccccn2)c1. The van der Waals surface area contributed by atoms with Crippen LogP contribution in [0.15, 0.2) is 36.9 Å². The summed E-state index contributed by atoms with van der Waals surface area (Å²) >= 11 is 0. The van der Waals surface area contributed by atoms with Gasteiger partial charge in [0, 0.05) is 26.5 Å². The molecule has 3 rings (SSSR count). The third-order valence-corrected chi connectivity index (χ3v) is 2.96. The van der Waals surface area contributed by atoms with Crippen molar-refractivity contribution in [1.82, 2.24) is 24.3 Å². The number of aryl methyl sites for hydroxylation is 2. The molecule has 0 saturated heterocycles. The summed E-state index contributed by atoms with van der Waals surface area (Å²) in [7, 11) is 3.73. The number of anilines is 1. The van der Waals surface area contributed by atoms with Crippen LogP contribution < -0.4 is 5.73 Å². The largest absolute Gasteiger partial charge is 0.383 e. The van der Waals surface area contributed by atoms with E-state index in [9.17, 15) is 0 Å². The van der Waals surface area contributed by atoms with Gasteiger partial charge in [-0.3, -0.25) is 9.67 Å². The van der Waals surface area contributed by atoms with Crippen molar-refractivity contribution in [2.45, 2.75) is 0 Å². The molecule has 0 fully saturated rings. The van der Waals surface area contributed by atoms with Crippen LogP contribution in [0.1, 0.15) is 0 Å². The van der Waals surface area contributed by atoms with E-state index in [2.05, 4.69) is 15.1 Å². The van der Waals surface area contributed by atoms with Gasteiger partial charge in [-0.15, -0.1) is 0 Å². The first kappa shape index (κ1) is 11.5. The van der Waals surface area contributed by atoms with Crippen molar-refractivity contribution in [2.75, 3.05) is 5.73 Å². The summed E-state index contributed by atoms with van der Waals surface area (Å²) in [5.74, 6) is 0.583. The monoisotopic (exact) mass is 254 g/mol. The molecule has 19 heavy (non-hydrogen) atoms. The molecule has 0 radical (unpaired) electrons. The smallest absolute Gasteiger partial charge is 0.131 e. The number of imidazole rings is 1. The van der Waals surface area contributed by atoms with Crippen LogP contribution in [0.4, 0.5) is 5.82 Å². The summed E-state index contributed by atoms with van der Waals surface area (Å²) in [6, 6.07) is 5.72. The van der Waals surface area contributed by atoms with Crippen LogP contribution in [-0.2, 0) is 14.1 Å². The van der Waals surface area contributed by atoms with E-state index in [1.54, 1.807) is 17.2 Å². The second-order valence-electron chi connectivity index (χ2n) is 4.37. The third kappa shape index (κ3) is 1.87. The Kier molecular flexibility index (Phi) is 2.56. The first-order valence-corrected chi connectivity index (χ1v) is 5.89. The van der Waals surface area contributed by atoms with Gasteiger partial charge in [-0.05, 0) is 12.1 Å². The van der Waals surface area contributed by atoms with Crippen LogP contribution >= 0.6 is 0 Å². The third-order valence-electron chi connectivity index (χ3n) is 2.96. The minimum absolute atomic E-state index is 0.583. The Labute approximate surface area is 110 Å². The lowest BCUT2D eigenvalue weighted by Crippen LogP contribution is -1.98. The van der Waals surface area contributed by atoms with Crippen molar-refractivity contribution in [2.24, 2.45) is 14.1 Å². The molecule has 0 aromatic carbocycles. The molecule has 96 valence electrons. The highest BCUT2D eigenvalue weighted by molar-refractivity contribution is 5.85. The molecule has 2 N–H and O–H groups in total. The predicted molar refractivity (Wildman–Crippen MR) is 73.1 cm³/mol. The molecule has 3 aromatic rings. The number of hydrogen-bond donors (Lipinski definition) is 1. The van der Waals surface area contributed by atoms with Crippen molar-refractivity contribution >= 4 is 5.82 Å². The fourth-order valence-corrected chi connectivity index (χ4v) is 2.01. The van der Waals surface area contributed by atoms with Gasteiger partial charge < -0.3 is 10.3 Å². The number of aromatic nitrogens is 5. The second kappa shape index (κ2) is 4.24. The van der Waals surface area contributed by atoms with Gasteiger partial charge in [-0.2, -0.15) is 5.10 Å². The zero-order valence-electron chi connectivity index (χ0n) is 10.8. The molecule has 0 amide bonds. The summed E-state index contributed by atoms with van der Waals surface area (Å²) in [4.78, 5) is 8.68. The van der Waals surface area contributed by atoms with E-state index < -0.39 is 0 Å². The van der Waals surface area contributed by atoms with Crippen LogP contribution in [0.25, 0.3) is 22.6 Å². The minimum atomic E-state index is 0.583. The molecule has 6 heteroatoms. The maximum Gasteiger partial charge on any atom is 0.131 e. The molecular weight excluding hydrogens is 240 g/mol. The minimum Gasteiger partial charge on any atom is -0.383 e. The summed E-state index contributed by atoms with van der Waals surface area (Å²) in [5.41, 5.74) is 9.26. The summed E-state index contributed by atoms with van der Waals surface area (Å²) in [6.07, 6.45) is 5.39. The van der Waals surface area contributed by atoms with Crippen molar-refractivity contribution in [3.8, 4) is 22.6 Å². The van der Waals surface area contributed by atoms with Gasteiger partial charge in [0.15, 0.2) is 0 Å². The molecule has 0 unspecified atom stereocenters. The van der Waals surface area contributed by atoms with E-state index in [4.69, 9.17) is 5.73 Å². The van der Waals surface area contributed by atoms with E-state index in [0.29, 0.717) is 5.82 Å². The fourth-order valence-electron chi connectivity index (χ4n) is 2.01. The number of pyridine rings is 1. The first-order chi connectivity index (χ1) is 9.16. The standard InChI is InChI=1S/C13H14N6/c1-18-7-10(16-8-18)12-11(13(14)19(2)17-12)9-5-3-4-6-15-9/h3-8H,14H2,1-2H3. The highest BCUT2D eigenvalue weighted by Gasteiger charge is 2.19. The van der Waals surface area contributed by atoms with Crippen molar-refractivity contribution in [1.29, 1.82) is 0 Å². The Bertz CT molecular complexity index is 710. The van der Waals surface area contributed by atoms with Gasteiger partial charge in [-0.1, -0.05) is 6.07 Å². The van der Waals surface area contributed by atoms with Crippen LogP contribution in [0.3, 0.4) is 0 Å². The average molecular weight is 254 g/mol.